The molecule has 0 aromatic carbocycles. The SMILES string of the molecule is CN1CCC(NS(=O)(=O)N2CCNCC2)CC1. The van der Waals surface area contributed by atoms with E-state index in [1.54, 1.807) is 4.31 Å². The minimum atomic E-state index is -3.28. The zero-order valence-electron chi connectivity index (χ0n) is 10.4. The van der Waals surface area contributed by atoms with Gasteiger partial charge in [-0.25, -0.2) is 0 Å². The first-order chi connectivity index (χ1) is 8.08. The molecule has 2 fully saturated rings. The van der Waals surface area contributed by atoms with Crippen molar-refractivity contribution < 1.29 is 8.42 Å². The summed E-state index contributed by atoms with van der Waals surface area (Å²) in [6.45, 7) is 4.57. The largest absolute Gasteiger partial charge is 0.314 e. The smallest absolute Gasteiger partial charge is 0.279 e. The second-order valence-electron chi connectivity index (χ2n) is 4.85. The molecule has 0 atom stereocenters. The zero-order chi connectivity index (χ0) is 12.3. The average Bonchev–Trinajstić information content (AvgIpc) is 2.33. The lowest BCUT2D eigenvalue weighted by molar-refractivity contribution is 0.244. The summed E-state index contributed by atoms with van der Waals surface area (Å²) in [7, 11) is -1.21. The van der Waals surface area contributed by atoms with Gasteiger partial charge in [0.2, 0.25) is 0 Å². The summed E-state index contributed by atoms with van der Waals surface area (Å²) in [6.07, 6.45) is 1.81. The second-order valence-corrected chi connectivity index (χ2v) is 6.55. The molecular formula is C10H22N4O2S. The van der Waals surface area contributed by atoms with Crippen LogP contribution in [0, 0.1) is 0 Å². The van der Waals surface area contributed by atoms with E-state index < -0.39 is 10.2 Å². The maximum atomic E-state index is 12.1. The molecule has 0 amide bonds. The van der Waals surface area contributed by atoms with E-state index in [2.05, 4.69) is 22.0 Å². The molecule has 2 rings (SSSR count). The Morgan fingerprint density at radius 2 is 1.71 bits per heavy atom. The van der Waals surface area contributed by atoms with Gasteiger partial charge in [0.25, 0.3) is 10.2 Å². The number of rotatable bonds is 3. The van der Waals surface area contributed by atoms with Crippen LogP contribution in [0.5, 0.6) is 0 Å². The van der Waals surface area contributed by atoms with E-state index in [4.69, 9.17) is 0 Å². The molecule has 2 aliphatic rings. The highest BCUT2D eigenvalue weighted by atomic mass is 32.2. The van der Waals surface area contributed by atoms with Crippen molar-refractivity contribution in [3.8, 4) is 0 Å². The van der Waals surface area contributed by atoms with Gasteiger partial charge in [0.15, 0.2) is 0 Å². The molecule has 6 nitrogen and oxygen atoms in total. The van der Waals surface area contributed by atoms with E-state index in [1.165, 1.54) is 0 Å². The maximum absolute atomic E-state index is 12.1. The summed E-state index contributed by atoms with van der Waals surface area (Å²) >= 11 is 0. The lowest BCUT2D eigenvalue weighted by Crippen LogP contribution is -2.53. The highest BCUT2D eigenvalue weighted by Crippen LogP contribution is 2.11. The van der Waals surface area contributed by atoms with E-state index in [0.29, 0.717) is 13.1 Å². The molecule has 2 N–H and O–H groups in total. The molecule has 0 radical (unpaired) electrons. The van der Waals surface area contributed by atoms with E-state index >= 15 is 0 Å². The number of nitrogens with one attached hydrogen (secondary N) is 2. The first kappa shape index (κ1) is 13.2. The molecule has 0 saturated carbocycles. The van der Waals surface area contributed by atoms with E-state index in [1.807, 2.05) is 0 Å². The third-order valence-corrected chi connectivity index (χ3v) is 5.13. The van der Waals surface area contributed by atoms with Crippen molar-refractivity contribution in [2.75, 3.05) is 46.3 Å². The first-order valence-corrected chi connectivity index (χ1v) is 7.68. The quantitative estimate of drug-likeness (QED) is 0.672. The van der Waals surface area contributed by atoms with Gasteiger partial charge < -0.3 is 10.2 Å². The van der Waals surface area contributed by atoms with Gasteiger partial charge in [0.1, 0.15) is 0 Å². The van der Waals surface area contributed by atoms with Crippen LogP contribution >= 0.6 is 0 Å². The molecule has 100 valence electrons. The molecule has 0 bridgehead atoms. The van der Waals surface area contributed by atoms with Gasteiger partial charge in [-0.15, -0.1) is 0 Å². The van der Waals surface area contributed by atoms with E-state index in [9.17, 15) is 8.42 Å². The second kappa shape index (κ2) is 5.62. The molecule has 0 aliphatic carbocycles. The van der Waals surface area contributed by atoms with Crippen molar-refractivity contribution in [3.05, 3.63) is 0 Å². The minimum Gasteiger partial charge on any atom is -0.314 e. The van der Waals surface area contributed by atoms with E-state index in [0.717, 1.165) is 39.0 Å². The van der Waals surface area contributed by atoms with Crippen molar-refractivity contribution >= 4 is 10.2 Å². The molecule has 17 heavy (non-hydrogen) atoms. The van der Waals surface area contributed by atoms with Crippen molar-refractivity contribution in [2.45, 2.75) is 18.9 Å². The Kier molecular flexibility index (Phi) is 4.37. The van der Waals surface area contributed by atoms with Crippen LogP contribution in [-0.4, -0.2) is 70.0 Å². The van der Waals surface area contributed by atoms with Crippen LogP contribution in [0.2, 0.25) is 0 Å². The van der Waals surface area contributed by atoms with Crippen LogP contribution in [0.3, 0.4) is 0 Å². The number of nitrogens with zero attached hydrogens (tertiary/aromatic N) is 2. The Bertz CT molecular complexity index is 332. The van der Waals surface area contributed by atoms with Gasteiger partial charge >= 0.3 is 0 Å². The lowest BCUT2D eigenvalue weighted by Gasteiger charge is -2.32. The van der Waals surface area contributed by atoms with Crippen molar-refractivity contribution in [1.29, 1.82) is 0 Å². The topological polar surface area (TPSA) is 64.7 Å². The van der Waals surface area contributed by atoms with Gasteiger partial charge in [-0.05, 0) is 33.0 Å². The molecule has 0 aromatic rings. The average molecular weight is 262 g/mol. The predicted octanol–water partition coefficient (Wildman–Crippen LogP) is -1.18. The summed E-state index contributed by atoms with van der Waals surface area (Å²) < 4.78 is 28.6. The minimum absolute atomic E-state index is 0.103. The third-order valence-electron chi connectivity index (χ3n) is 3.45. The fourth-order valence-electron chi connectivity index (χ4n) is 2.30. The maximum Gasteiger partial charge on any atom is 0.279 e. The van der Waals surface area contributed by atoms with Gasteiger partial charge in [-0.1, -0.05) is 0 Å². The fourth-order valence-corrected chi connectivity index (χ4v) is 3.77. The third kappa shape index (κ3) is 3.62. The summed E-state index contributed by atoms with van der Waals surface area (Å²) in [5.41, 5.74) is 0. The number of hydrogen-bond acceptors (Lipinski definition) is 4. The molecule has 2 aliphatic heterocycles. The van der Waals surface area contributed by atoms with Gasteiger partial charge in [0, 0.05) is 32.2 Å². The fraction of sp³-hybridized carbons (Fsp3) is 1.00. The highest BCUT2D eigenvalue weighted by molar-refractivity contribution is 7.87. The number of piperazine rings is 1. The first-order valence-electron chi connectivity index (χ1n) is 6.24. The summed E-state index contributed by atoms with van der Waals surface area (Å²) in [5, 5.41) is 3.16. The van der Waals surface area contributed by atoms with E-state index in [-0.39, 0.29) is 6.04 Å². The van der Waals surface area contributed by atoms with Crippen LogP contribution in [0.1, 0.15) is 12.8 Å². The summed E-state index contributed by atoms with van der Waals surface area (Å²) in [5.74, 6) is 0. The molecular weight excluding hydrogens is 240 g/mol. The van der Waals surface area contributed by atoms with Crippen LogP contribution in [-0.2, 0) is 10.2 Å². The van der Waals surface area contributed by atoms with Crippen LogP contribution in [0.15, 0.2) is 0 Å². The normalized spacial score (nSPS) is 26.2. The molecule has 2 saturated heterocycles. The summed E-state index contributed by atoms with van der Waals surface area (Å²) in [4.78, 5) is 2.23. The monoisotopic (exact) mass is 262 g/mol. The van der Waals surface area contributed by atoms with Crippen LogP contribution in [0.4, 0.5) is 0 Å². The predicted molar refractivity (Wildman–Crippen MR) is 67.0 cm³/mol. The molecule has 0 unspecified atom stereocenters. The van der Waals surface area contributed by atoms with Gasteiger partial charge in [-0.3, -0.25) is 0 Å². The zero-order valence-corrected chi connectivity index (χ0v) is 11.2. The Labute approximate surface area is 104 Å². The standard InChI is InChI=1S/C10H22N4O2S/c1-13-6-2-10(3-7-13)12-17(15,16)14-8-4-11-5-9-14/h10-12H,2-9H2,1H3. The molecule has 7 heteroatoms. The molecule has 0 spiro atoms. The molecule has 0 aromatic heterocycles. The van der Waals surface area contributed by atoms with Gasteiger partial charge in [0.05, 0.1) is 0 Å². The lowest BCUT2D eigenvalue weighted by atomic mass is 10.1. The van der Waals surface area contributed by atoms with Crippen LogP contribution < -0.4 is 10.0 Å². The van der Waals surface area contributed by atoms with Gasteiger partial charge in [-0.2, -0.15) is 17.4 Å². The van der Waals surface area contributed by atoms with Crippen molar-refractivity contribution in [1.82, 2.24) is 19.2 Å². The number of likely N-dealkylation sites (tertiary alicyclic amines) is 1. The van der Waals surface area contributed by atoms with Crippen molar-refractivity contribution in [2.24, 2.45) is 0 Å². The number of hydrogen-bond donors (Lipinski definition) is 2. The molecule has 2 heterocycles. The Hall–Kier alpha value is -0.210. The Morgan fingerprint density at radius 3 is 2.29 bits per heavy atom. The highest BCUT2D eigenvalue weighted by Gasteiger charge is 2.27. The summed E-state index contributed by atoms with van der Waals surface area (Å²) in [6, 6.07) is 0.103. The van der Waals surface area contributed by atoms with Crippen molar-refractivity contribution in [3.63, 3.8) is 0 Å². The van der Waals surface area contributed by atoms with Crippen LogP contribution in [0.25, 0.3) is 0 Å². The number of piperidine rings is 1. The Morgan fingerprint density at radius 1 is 1.12 bits per heavy atom. The Balaban J connectivity index is 1.88.